The average molecular weight is 304 g/mol. The Morgan fingerprint density at radius 3 is 2.71 bits per heavy atom. The Morgan fingerprint density at radius 1 is 1.14 bits per heavy atom. The van der Waals surface area contributed by atoms with E-state index in [4.69, 9.17) is 0 Å². The van der Waals surface area contributed by atoms with Gasteiger partial charge in [-0.05, 0) is 43.3 Å². The van der Waals surface area contributed by atoms with Gasteiger partial charge in [-0.25, -0.2) is 13.8 Å². The SMILES string of the molecule is Cc1nc2ccc(NC(=O)c3ccc(F)c(F)c3)cc2s1. The highest BCUT2D eigenvalue weighted by molar-refractivity contribution is 7.18. The fourth-order valence-electron chi connectivity index (χ4n) is 1.96. The number of thiazole rings is 1. The first-order chi connectivity index (χ1) is 10.0. The average Bonchev–Trinajstić information content (AvgIpc) is 2.81. The quantitative estimate of drug-likeness (QED) is 0.773. The van der Waals surface area contributed by atoms with Crippen molar-refractivity contribution in [3.8, 4) is 0 Å². The molecule has 3 nitrogen and oxygen atoms in total. The van der Waals surface area contributed by atoms with E-state index in [-0.39, 0.29) is 5.56 Å². The standard InChI is InChI=1S/C15H10F2N2OS/c1-8-18-13-5-3-10(7-14(13)21-8)19-15(20)9-2-4-11(16)12(17)6-9/h2-7H,1H3,(H,19,20). The molecule has 1 heterocycles. The summed E-state index contributed by atoms with van der Waals surface area (Å²) in [6.45, 7) is 1.91. The van der Waals surface area contributed by atoms with Crippen molar-refractivity contribution in [2.45, 2.75) is 6.92 Å². The van der Waals surface area contributed by atoms with Gasteiger partial charge in [-0.15, -0.1) is 11.3 Å². The highest BCUT2D eigenvalue weighted by Crippen LogP contribution is 2.25. The van der Waals surface area contributed by atoms with Crippen molar-refractivity contribution < 1.29 is 13.6 Å². The third-order valence-corrected chi connectivity index (χ3v) is 3.87. The molecule has 0 saturated heterocycles. The number of nitrogens with zero attached hydrogens (tertiary/aromatic N) is 1. The van der Waals surface area contributed by atoms with Crippen molar-refractivity contribution in [2.24, 2.45) is 0 Å². The summed E-state index contributed by atoms with van der Waals surface area (Å²) >= 11 is 1.52. The molecule has 0 aliphatic heterocycles. The van der Waals surface area contributed by atoms with Crippen LogP contribution in [0.15, 0.2) is 36.4 Å². The van der Waals surface area contributed by atoms with Gasteiger partial charge in [0.25, 0.3) is 5.91 Å². The van der Waals surface area contributed by atoms with E-state index in [0.29, 0.717) is 5.69 Å². The topological polar surface area (TPSA) is 42.0 Å². The number of nitrogens with one attached hydrogen (secondary N) is 1. The smallest absolute Gasteiger partial charge is 0.255 e. The maximum absolute atomic E-state index is 13.1. The van der Waals surface area contributed by atoms with Crippen LogP contribution in [0.25, 0.3) is 10.2 Å². The van der Waals surface area contributed by atoms with Crippen LogP contribution in [0.2, 0.25) is 0 Å². The van der Waals surface area contributed by atoms with Gasteiger partial charge in [0.15, 0.2) is 11.6 Å². The fraction of sp³-hybridized carbons (Fsp3) is 0.0667. The molecular formula is C15H10F2N2OS. The summed E-state index contributed by atoms with van der Waals surface area (Å²) < 4.78 is 26.9. The number of carbonyl (C=O) groups excluding carboxylic acids is 1. The third-order valence-electron chi connectivity index (χ3n) is 2.94. The Kier molecular flexibility index (Phi) is 3.39. The predicted octanol–water partition coefficient (Wildman–Crippen LogP) is 4.14. The first kappa shape index (κ1) is 13.6. The van der Waals surface area contributed by atoms with Gasteiger partial charge in [0.05, 0.1) is 15.2 Å². The number of aryl methyl sites for hydroxylation is 1. The molecule has 0 aliphatic carbocycles. The number of hydrogen-bond donors (Lipinski definition) is 1. The molecule has 21 heavy (non-hydrogen) atoms. The summed E-state index contributed by atoms with van der Waals surface area (Å²) in [5.41, 5.74) is 1.51. The van der Waals surface area contributed by atoms with Gasteiger partial charge in [-0.1, -0.05) is 0 Å². The van der Waals surface area contributed by atoms with E-state index in [1.54, 1.807) is 18.2 Å². The molecule has 2 aromatic carbocycles. The zero-order valence-corrected chi connectivity index (χ0v) is 11.8. The van der Waals surface area contributed by atoms with Gasteiger partial charge in [0.2, 0.25) is 0 Å². The number of carbonyl (C=O) groups is 1. The second kappa shape index (κ2) is 5.21. The molecule has 3 aromatic rings. The molecule has 0 bridgehead atoms. The van der Waals surface area contributed by atoms with Crippen molar-refractivity contribution in [3.63, 3.8) is 0 Å². The molecule has 0 radical (unpaired) electrons. The lowest BCUT2D eigenvalue weighted by Crippen LogP contribution is -2.12. The van der Waals surface area contributed by atoms with Gasteiger partial charge < -0.3 is 5.32 Å². The van der Waals surface area contributed by atoms with Crippen LogP contribution in [0.5, 0.6) is 0 Å². The number of halogens is 2. The maximum atomic E-state index is 13.1. The normalized spacial score (nSPS) is 10.8. The van der Waals surface area contributed by atoms with Crippen molar-refractivity contribution in [3.05, 3.63) is 58.6 Å². The molecular weight excluding hydrogens is 294 g/mol. The minimum absolute atomic E-state index is 0.0643. The summed E-state index contributed by atoms with van der Waals surface area (Å²) in [6.07, 6.45) is 0. The molecule has 1 N–H and O–H groups in total. The second-order valence-corrected chi connectivity index (χ2v) is 5.73. The Bertz CT molecular complexity index is 845. The largest absolute Gasteiger partial charge is 0.322 e. The fourth-order valence-corrected chi connectivity index (χ4v) is 2.82. The number of amides is 1. The summed E-state index contributed by atoms with van der Waals surface area (Å²) in [5.74, 6) is -2.52. The van der Waals surface area contributed by atoms with Crippen molar-refractivity contribution in [2.75, 3.05) is 5.32 Å². The van der Waals surface area contributed by atoms with Gasteiger partial charge in [-0.2, -0.15) is 0 Å². The number of benzene rings is 2. The molecule has 0 fully saturated rings. The van der Waals surface area contributed by atoms with E-state index in [1.165, 1.54) is 17.4 Å². The lowest BCUT2D eigenvalue weighted by Gasteiger charge is -2.05. The zero-order chi connectivity index (χ0) is 15.0. The lowest BCUT2D eigenvalue weighted by molar-refractivity contribution is 0.102. The molecule has 0 aliphatic rings. The van der Waals surface area contributed by atoms with Crippen molar-refractivity contribution in [1.82, 2.24) is 4.98 Å². The highest BCUT2D eigenvalue weighted by Gasteiger charge is 2.10. The van der Waals surface area contributed by atoms with Crippen molar-refractivity contribution >= 4 is 33.1 Å². The van der Waals surface area contributed by atoms with Gasteiger partial charge in [-0.3, -0.25) is 4.79 Å². The molecule has 0 spiro atoms. The summed E-state index contributed by atoms with van der Waals surface area (Å²) in [5, 5.41) is 3.60. The summed E-state index contributed by atoms with van der Waals surface area (Å²) in [7, 11) is 0. The minimum Gasteiger partial charge on any atom is -0.322 e. The van der Waals surface area contributed by atoms with Crippen molar-refractivity contribution in [1.29, 1.82) is 0 Å². The molecule has 0 saturated carbocycles. The van der Waals surface area contributed by atoms with E-state index >= 15 is 0 Å². The van der Waals surface area contributed by atoms with Crippen LogP contribution in [-0.4, -0.2) is 10.9 Å². The number of aromatic nitrogens is 1. The molecule has 0 atom stereocenters. The Labute approximate surface area is 123 Å². The van der Waals surface area contributed by atoms with Crippen LogP contribution in [0.3, 0.4) is 0 Å². The number of hydrogen-bond acceptors (Lipinski definition) is 3. The van der Waals surface area contributed by atoms with Crippen LogP contribution >= 0.6 is 11.3 Å². The molecule has 0 unspecified atom stereocenters. The van der Waals surface area contributed by atoms with Gasteiger partial charge in [0, 0.05) is 11.3 Å². The molecule has 106 valence electrons. The molecule has 6 heteroatoms. The van der Waals surface area contributed by atoms with Crippen LogP contribution in [0, 0.1) is 18.6 Å². The Hall–Kier alpha value is -2.34. The van der Waals surface area contributed by atoms with E-state index in [0.717, 1.165) is 27.4 Å². The van der Waals surface area contributed by atoms with Crippen LogP contribution < -0.4 is 5.32 Å². The summed E-state index contributed by atoms with van der Waals surface area (Å²) in [4.78, 5) is 16.3. The number of anilines is 1. The van der Waals surface area contributed by atoms with E-state index in [2.05, 4.69) is 10.3 Å². The second-order valence-electron chi connectivity index (χ2n) is 4.50. The predicted molar refractivity (Wildman–Crippen MR) is 78.7 cm³/mol. The zero-order valence-electron chi connectivity index (χ0n) is 11.0. The maximum Gasteiger partial charge on any atom is 0.255 e. The molecule has 3 rings (SSSR count). The van der Waals surface area contributed by atoms with Crippen LogP contribution in [-0.2, 0) is 0 Å². The minimum atomic E-state index is -1.05. The first-order valence-electron chi connectivity index (χ1n) is 6.16. The highest BCUT2D eigenvalue weighted by atomic mass is 32.1. The third kappa shape index (κ3) is 2.75. The Balaban J connectivity index is 1.86. The number of rotatable bonds is 2. The van der Waals surface area contributed by atoms with Crippen LogP contribution in [0.1, 0.15) is 15.4 Å². The molecule has 1 amide bonds. The van der Waals surface area contributed by atoms with E-state index < -0.39 is 17.5 Å². The Morgan fingerprint density at radius 2 is 1.95 bits per heavy atom. The van der Waals surface area contributed by atoms with Gasteiger partial charge in [0.1, 0.15) is 0 Å². The molecule has 1 aromatic heterocycles. The summed E-state index contributed by atoms with van der Waals surface area (Å²) in [6, 6.07) is 8.37. The first-order valence-corrected chi connectivity index (χ1v) is 6.98. The monoisotopic (exact) mass is 304 g/mol. The van der Waals surface area contributed by atoms with E-state index in [9.17, 15) is 13.6 Å². The lowest BCUT2D eigenvalue weighted by atomic mass is 10.2. The van der Waals surface area contributed by atoms with E-state index in [1.807, 2.05) is 6.92 Å². The van der Waals surface area contributed by atoms with Gasteiger partial charge >= 0.3 is 0 Å². The number of fused-ring (bicyclic) bond motifs is 1. The van der Waals surface area contributed by atoms with Crippen LogP contribution in [0.4, 0.5) is 14.5 Å².